The van der Waals surface area contributed by atoms with Crippen molar-refractivity contribution in [1.82, 2.24) is 15.0 Å². The van der Waals surface area contributed by atoms with E-state index in [2.05, 4.69) is 15.5 Å². The molecular weight excluding hydrogens is 294 g/mol. The number of nitrogens with zero attached hydrogens (tertiary/aromatic N) is 3. The summed E-state index contributed by atoms with van der Waals surface area (Å²) in [4.78, 5) is 23.5. The van der Waals surface area contributed by atoms with Crippen molar-refractivity contribution in [3.8, 4) is 0 Å². The molecule has 0 unspecified atom stereocenters. The highest BCUT2D eigenvalue weighted by molar-refractivity contribution is 6.33. The van der Waals surface area contributed by atoms with Gasteiger partial charge >= 0.3 is 0 Å². The summed E-state index contributed by atoms with van der Waals surface area (Å²) in [5.41, 5.74) is -0.588. The van der Waals surface area contributed by atoms with Gasteiger partial charge < -0.3 is 5.32 Å². The van der Waals surface area contributed by atoms with Crippen LogP contribution < -0.4 is 5.32 Å². The molecule has 6 nitrogen and oxygen atoms in total. The number of halogens is 3. The molecule has 0 aliphatic rings. The van der Waals surface area contributed by atoms with Gasteiger partial charge in [-0.2, -0.15) is 0 Å². The quantitative estimate of drug-likeness (QED) is 0.921. The molecule has 2 aromatic rings. The molecule has 1 heterocycles. The predicted molar refractivity (Wildman–Crippen MR) is 65.6 cm³/mol. The van der Waals surface area contributed by atoms with E-state index in [1.165, 1.54) is 6.92 Å². The largest absolute Gasteiger partial charge is 0.318 e. The minimum Gasteiger partial charge on any atom is -0.318 e. The second-order valence-electron chi connectivity index (χ2n) is 3.73. The van der Waals surface area contributed by atoms with Gasteiger partial charge in [0, 0.05) is 13.0 Å². The summed E-state index contributed by atoms with van der Waals surface area (Å²) in [6.45, 7) is 1.18. The third-order valence-corrected chi connectivity index (χ3v) is 2.50. The Hall–Kier alpha value is -2.35. The number of hydrogen-bond acceptors (Lipinski definition) is 4. The molecule has 20 heavy (non-hydrogen) atoms. The summed E-state index contributed by atoms with van der Waals surface area (Å²) < 4.78 is 26.1. The molecule has 0 fully saturated rings. The average Bonchev–Trinajstić information content (AvgIpc) is 2.75. The smallest absolute Gasteiger partial charge is 0.279 e. The standard InChI is InChI=1S/C11H7ClF2N4O2/c1-5(19)18-16-9(10(12)17-18)11(20)15-8-3-2-6(13)4-7(8)14/h2-4H,1H3,(H,15,20). The zero-order valence-electron chi connectivity index (χ0n) is 10.0. The van der Waals surface area contributed by atoms with Gasteiger partial charge in [-0.05, 0) is 12.1 Å². The minimum absolute atomic E-state index is 0.246. The fraction of sp³-hybridized carbons (Fsp3) is 0.0909. The van der Waals surface area contributed by atoms with Crippen LogP contribution in [-0.4, -0.2) is 26.8 Å². The van der Waals surface area contributed by atoms with Gasteiger partial charge in [0.15, 0.2) is 10.8 Å². The molecule has 1 aromatic carbocycles. The maximum Gasteiger partial charge on any atom is 0.279 e. The molecule has 0 spiro atoms. The molecule has 0 radical (unpaired) electrons. The first-order valence-electron chi connectivity index (χ1n) is 5.28. The lowest BCUT2D eigenvalue weighted by atomic mass is 10.3. The van der Waals surface area contributed by atoms with E-state index >= 15 is 0 Å². The van der Waals surface area contributed by atoms with Crippen molar-refractivity contribution < 1.29 is 18.4 Å². The molecule has 1 amide bonds. The van der Waals surface area contributed by atoms with Crippen LogP contribution in [0.15, 0.2) is 18.2 Å². The number of nitrogens with one attached hydrogen (secondary N) is 1. The molecule has 1 N–H and O–H groups in total. The molecule has 0 saturated heterocycles. The lowest BCUT2D eigenvalue weighted by Gasteiger charge is -2.04. The van der Waals surface area contributed by atoms with Gasteiger partial charge in [-0.3, -0.25) is 9.59 Å². The van der Waals surface area contributed by atoms with E-state index in [9.17, 15) is 18.4 Å². The average molecular weight is 301 g/mol. The van der Waals surface area contributed by atoms with E-state index in [0.717, 1.165) is 12.1 Å². The lowest BCUT2D eigenvalue weighted by Crippen LogP contribution is -2.16. The Morgan fingerprint density at radius 1 is 1.30 bits per heavy atom. The second kappa shape index (κ2) is 5.33. The zero-order valence-corrected chi connectivity index (χ0v) is 10.8. The summed E-state index contributed by atoms with van der Waals surface area (Å²) in [5.74, 6) is -3.14. The zero-order chi connectivity index (χ0) is 14.9. The van der Waals surface area contributed by atoms with E-state index in [1.54, 1.807) is 0 Å². The minimum atomic E-state index is -0.951. The molecule has 9 heteroatoms. The van der Waals surface area contributed by atoms with Crippen molar-refractivity contribution in [2.45, 2.75) is 6.92 Å². The third kappa shape index (κ3) is 2.80. The van der Waals surface area contributed by atoms with Gasteiger partial charge in [-0.25, -0.2) is 8.78 Å². The Labute approximate surface area is 116 Å². The van der Waals surface area contributed by atoms with Crippen LogP contribution in [0.2, 0.25) is 5.15 Å². The fourth-order valence-corrected chi connectivity index (χ4v) is 1.54. The van der Waals surface area contributed by atoms with Crippen LogP contribution in [0.4, 0.5) is 14.5 Å². The number of aromatic nitrogens is 3. The number of hydrogen-bond donors (Lipinski definition) is 1. The van der Waals surface area contributed by atoms with Crippen molar-refractivity contribution >= 4 is 29.1 Å². The van der Waals surface area contributed by atoms with Gasteiger partial charge in [0.2, 0.25) is 0 Å². The van der Waals surface area contributed by atoms with Crippen LogP contribution in [0.5, 0.6) is 0 Å². The first kappa shape index (κ1) is 14.1. The van der Waals surface area contributed by atoms with Crippen LogP contribution in [0.25, 0.3) is 0 Å². The molecule has 0 aliphatic heterocycles. The summed E-state index contributed by atoms with van der Waals surface area (Å²) in [5, 5.41) is 8.93. The van der Waals surface area contributed by atoms with Crippen LogP contribution in [0, 0.1) is 11.6 Å². The molecule has 1 aromatic heterocycles. The van der Waals surface area contributed by atoms with Gasteiger partial charge in [0.25, 0.3) is 11.8 Å². The summed E-state index contributed by atoms with van der Waals surface area (Å²) in [6, 6.07) is 2.64. The van der Waals surface area contributed by atoms with Crippen LogP contribution >= 0.6 is 11.6 Å². The normalized spacial score (nSPS) is 10.4. The van der Waals surface area contributed by atoms with Crippen molar-refractivity contribution in [2.24, 2.45) is 0 Å². The highest BCUT2D eigenvalue weighted by Crippen LogP contribution is 2.17. The number of rotatable bonds is 2. The highest BCUT2D eigenvalue weighted by Gasteiger charge is 2.20. The number of amides is 1. The highest BCUT2D eigenvalue weighted by atomic mass is 35.5. The Balaban J connectivity index is 2.26. The van der Waals surface area contributed by atoms with Crippen molar-refractivity contribution in [1.29, 1.82) is 0 Å². The fourth-order valence-electron chi connectivity index (χ4n) is 1.34. The lowest BCUT2D eigenvalue weighted by molar-refractivity contribution is 0.0902. The van der Waals surface area contributed by atoms with Gasteiger partial charge in [0.05, 0.1) is 5.69 Å². The van der Waals surface area contributed by atoms with Crippen LogP contribution in [0.1, 0.15) is 22.2 Å². The molecule has 0 bridgehead atoms. The molecule has 2 rings (SSSR count). The predicted octanol–water partition coefficient (Wildman–Crippen LogP) is 2.12. The molecule has 104 valence electrons. The maximum atomic E-state index is 13.4. The topological polar surface area (TPSA) is 76.9 Å². The van der Waals surface area contributed by atoms with Crippen LogP contribution in [0.3, 0.4) is 0 Å². The molecule has 0 saturated carbocycles. The Bertz CT molecular complexity index is 702. The maximum absolute atomic E-state index is 13.4. The number of carbonyl (C=O) groups excluding carboxylic acids is 2. The van der Waals surface area contributed by atoms with E-state index < -0.39 is 23.4 Å². The Morgan fingerprint density at radius 2 is 2.00 bits per heavy atom. The summed E-state index contributed by atoms with van der Waals surface area (Å²) in [7, 11) is 0. The van der Waals surface area contributed by atoms with E-state index in [-0.39, 0.29) is 16.5 Å². The number of carbonyl (C=O) groups is 2. The van der Waals surface area contributed by atoms with E-state index in [0.29, 0.717) is 10.9 Å². The number of anilines is 1. The molecule has 0 aliphatic carbocycles. The molecular formula is C11H7ClF2N4O2. The van der Waals surface area contributed by atoms with Gasteiger partial charge in [-0.1, -0.05) is 11.6 Å². The van der Waals surface area contributed by atoms with Crippen molar-refractivity contribution in [3.63, 3.8) is 0 Å². The Kier molecular flexibility index (Phi) is 3.75. The third-order valence-electron chi connectivity index (χ3n) is 2.25. The Morgan fingerprint density at radius 3 is 2.55 bits per heavy atom. The van der Waals surface area contributed by atoms with E-state index in [4.69, 9.17) is 11.6 Å². The SMILES string of the molecule is CC(=O)n1nc(Cl)c(C(=O)Nc2ccc(F)cc2F)n1. The van der Waals surface area contributed by atoms with Crippen molar-refractivity contribution in [3.05, 3.63) is 40.7 Å². The van der Waals surface area contributed by atoms with Gasteiger partial charge in [0.1, 0.15) is 11.6 Å². The molecule has 0 atom stereocenters. The summed E-state index contributed by atoms with van der Waals surface area (Å²) in [6.07, 6.45) is 0. The van der Waals surface area contributed by atoms with Crippen molar-refractivity contribution in [2.75, 3.05) is 5.32 Å². The first-order chi connectivity index (χ1) is 9.38. The van der Waals surface area contributed by atoms with Crippen LogP contribution in [-0.2, 0) is 0 Å². The number of benzene rings is 1. The van der Waals surface area contributed by atoms with E-state index in [1.807, 2.05) is 0 Å². The first-order valence-corrected chi connectivity index (χ1v) is 5.66. The van der Waals surface area contributed by atoms with Gasteiger partial charge in [-0.15, -0.1) is 15.0 Å². The summed E-state index contributed by atoms with van der Waals surface area (Å²) >= 11 is 5.65. The second-order valence-corrected chi connectivity index (χ2v) is 4.08. The monoisotopic (exact) mass is 300 g/mol.